The standard InChI is InChI=1S/C15H15BrClN3S/c1-9-3-5-12-15(18-9)20(14(19-12)10(2)17)8-7-11-4-6-13(16)21-11/h3-6,10H,7-8H2,1-2H3. The third-order valence-electron chi connectivity index (χ3n) is 3.33. The molecule has 3 aromatic heterocycles. The summed E-state index contributed by atoms with van der Waals surface area (Å²) in [6, 6.07) is 8.23. The maximum absolute atomic E-state index is 6.29. The molecule has 0 amide bonds. The first-order valence-electron chi connectivity index (χ1n) is 6.76. The van der Waals surface area contributed by atoms with Crippen molar-refractivity contribution >= 4 is 50.0 Å². The van der Waals surface area contributed by atoms with Crippen LogP contribution in [-0.4, -0.2) is 14.5 Å². The highest BCUT2D eigenvalue weighted by Gasteiger charge is 2.16. The zero-order valence-corrected chi connectivity index (χ0v) is 15.0. The molecule has 3 nitrogen and oxygen atoms in total. The third kappa shape index (κ3) is 3.15. The first-order chi connectivity index (χ1) is 10.0. The Morgan fingerprint density at radius 2 is 2.10 bits per heavy atom. The molecule has 3 heterocycles. The summed E-state index contributed by atoms with van der Waals surface area (Å²) in [6.45, 7) is 4.79. The molecule has 0 N–H and O–H groups in total. The van der Waals surface area contributed by atoms with Gasteiger partial charge in [-0.25, -0.2) is 9.97 Å². The number of hydrogen-bond acceptors (Lipinski definition) is 3. The lowest BCUT2D eigenvalue weighted by Crippen LogP contribution is -2.07. The summed E-state index contributed by atoms with van der Waals surface area (Å²) in [5.41, 5.74) is 2.83. The van der Waals surface area contributed by atoms with Crippen LogP contribution in [0.15, 0.2) is 28.1 Å². The Morgan fingerprint density at radius 3 is 2.76 bits per heavy atom. The van der Waals surface area contributed by atoms with Crippen molar-refractivity contribution in [2.75, 3.05) is 0 Å². The van der Waals surface area contributed by atoms with Gasteiger partial charge in [-0.2, -0.15) is 0 Å². The maximum Gasteiger partial charge on any atom is 0.160 e. The molecule has 0 saturated carbocycles. The topological polar surface area (TPSA) is 30.7 Å². The number of fused-ring (bicyclic) bond motifs is 1. The van der Waals surface area contributed by atoms with Crippen LogP contribution in [0, 0.1) is 6.92 Å². The Kier molecular flexibility index (Phi) is 4.33. The second kappa shape index (κ2) is 6.07. The van der Waals surface area contributed by atoms with Crippen molar-refractivity contribution in [1.82, 2.24) is 14.5 Å². The van der Waals surface area contributed by atoms with Gasteiger partial charge in [0, 0.05) is 17.1 Å². The van der Waals surface area contributed by atoms with Crippen LogP contribution >= 0.6 is 38.9 Å². The van der Waals surface area contributed by atoms with Crippen molar-refractivity contribution in [2.24, 2.45) is 0 Å². The number of pyridine rings is 1. The molecule has 3 rings (SSSR count). The molecule has 0 aliphatic rings. The minimum absolute atomic E-state index is 0.130. The van der Waals surface area contributed by atoms with E-state index >= 15 is 0 Å². The van der Waals surface area contributed by atoms with E-state index in [0.29, 0.717) is 0 Å². The number of halogens is 2. The lowest BCUT2D eigenvalue weighted by Gasteiger charge is -2.09. The molecular weight excluding hydrogens is 370 g/mol. The van der Waals surface area contributed by atoms with E-state index in [1.54, 1.807) is 11.3 Å². The number of imidazole rings is 1. The first-order valence-corrected chi connectivity index (χ1v) is 8.81. The fourth-order valence-corrected chi connectivity index (χ4v) is 3.98. The number of nitrogens with zero attached hydrogens (tertiary/aromatic N) is 3. The number of alkyl halides is 1. The molecule has 0 aliphatic heterocycles. The SMILES string of the molecule is Cc1ccc2nc(C(C)Cl)n(CCc3ccc(Br)s3)c2n1. The summed E-state index contributed by atoms with van der Waals surface area (Å²) in [7, 11) is 0. The minimum Gasteiger partial charge on any atom is -0.311 e. The van der Waals surface area contributed by atoms with Gasteiger partial charge in [0.1, 0.15) is 11.3 Å². The number of aryl methyl sites for hydroxylation is 3. The second-order valence-corrected chi connectivity index (χ2v) is 8.19. The largest absolute Gasteiger partial charge is 0.311 e. The minimum atomic E-state index is -0.130. The monoisotopic (exact) mass is 383 g/mol. The molecule has 1 unspecified atom stereocenters. The van der Waals surface area contributed by atoms with Gasteiger partial charge in [-0.3, -0.25) is 0 Å². The van der Waals surface area contributed by atoms with Gasteiger partial charge < -0.3 is 4.57 Å². The van der Waals surface area contributed by atoms with E-state index in [1.807, 2.05) is 26.0 Å². The zero-order valence-electron chi connectivity index (χ0n) is 11.8. The highest BCUT2D eigenvalue weighted by atomic mass is 79.9. The highest BCUT2D eigenvalue weighted by Crippen LogP contribution is 2.26. The molecule has 0 bridgehead atoms. The molecule has 0 aromatic carbocycles. The predicted octanol–water partition coefficient (Wildman–Crippen LogP) is 5.11. The molecule has 0 saturated heterocycles. The van der Waals surface area contributed by atoms with Crippen molar-refractivity contribution in [2.45, 2.75) is 32.2 Å². The lowest BCUT2D eigenvalue weighted by atomic mass is 10.3. The highest BCUT2D eigenvalue weighted by molar-refractivity contribution is 9.11. The summed E-state index contributed by atoms with van der Waals surface area (Å²) in [5, 5.41) is -0.130. The van der Waals surface area contributed by atoms with Gasteiger partial charge in [-0.1, -0.05) is 0 Å². The van der Waals surface area contributed by atoms with Crippen LogP contribution in [0.25, 0.3) is 11.2 Å². The Bertz CT molecular complexity index is 778. The lowest BCUT2D eigenvalue weighted by molar-refractivity contribution is 0.667. The summed E-state index contributed by atoms with van der Waals surface area (Å²) >= 11 is 11.6. The zero-order chi connectivity index (χ0) is 15.0. The number of thiophene rings is 1. The van der Waals surface area contributed by atoms with Gasteiger partial charge >= 0.3 is 0 Å². The van der Waals surface area contributed by atoms with Crippen LogP contribution in [0.1, 0.15) is 28.7 Å². The fourth-order valence-electron chi connectivity index (χ4n) is 2.35. The molecular formula is C15H15BrClN3S. The van der Waals surface area contributed by atoms with E-state index in [4.69, 9.17) is 11.6 Å². The van der Waals surface area contributed by atoms with Crippen LogP contribution in [-0.2, 0) is 13.0 Å². The van der Waals surface area contributed by atoms with Crippen molar-refractivity contribution in [3.8, 4) is 0 Å². The summed E-state index contributed by atoms with van der Waals surface area (Å²) in [6.07, 6.45) is 0.952. The van der Waals surface area contributed by atoms with E-state index < -0.39 is 0 Å². The Balaban J connectivity index is 1.98. The third-order valence-corrected chi connectivity index (χ3v) is 5.21. The average molecular weight is 385 g/mol. The Morgan fingerprint density at radius 1 is 1.29 bits per heavy atom. The summed E-state index contributed by atoms with van der Waals surface area (Å²) < 4.78 is 3.31. The van der Waals surface area contributed by atoms with Gasteiger partial charge in [0.25, 0.3) is 0 Å². The molecule has 1 atom stereocenters. The number of aromatic nitrogens is 3. The predicted molar refractivity (Wildman–Crippen MR) is 92.3 cm³/mol. The normalized spacial score (nSPS) is 13.0. The Hall–Kier alpha value is -0.910. The van der Waals surface area contributed by atoms with Crippen molar-refractivity contribution in [3.63, 3.8) is 0 Å². The van der Waals surface area contributed by atoms with Gasteiger partial charge in [0.2, 0.25) is 0 Å². The van der Waals surface area contributed by atoms with Gasteiger partial charge in [0.05, 0.1) is 9.16 Å². The molecule has 6 heteroatoms. The quantitative estimate of drug-likeness (QED) is 0.585. The van der Waals surface area contributed by atoms with Gasteiger partial charge in [-0.15, -0.1) is 22.9 Å². The fraction of sp³-hybridized carbons (Fsp3) is 0.333. The average Bonchev–Trinajstić information content (AvgIpc) is 3.00. The molecule has 0 spiro atoms. The molecule has 0 aliphatic carbocycles. The molecule has 3 aromatic rings. The summed E-state index contributed by atoms with van der Waals surface area (Å²) in [5.74, 6) is 0.889. The van der Waals surface area contributed by atoms with Crippen LogP contribution < -0.4 is 0 Å². The van der Waals surface area contributed by atoms with Crippen LogP contribution in [0.5, 0.6) is 0 Å². The van der Waals surface area contributed by atoms with Crippen molar-refractivity contribution < 1.29 is 0 Å². The smallest absolute Gasteiger partial charge is 0.160 e. The molecule has 0 radical (unpaired) electrons. The van der Waals surface area contributed by atoms with Crippen molar-refractivity contribution in [1.29, 1.82) is 0 Å². The Labute approximate surface area is 141 Å². The first kappa shape index (κ1) is 15.0. The summed E-state index contributed by atoms with van der Waals surface area (Å²) in [4.78, 5) is 10.6. The van der Waals surface area contributed by atoms with Gasteiger partial charge in [-0.05, 0) is 60.5 Å². The van der Waals surface area contributed by atoms with Gasteiger partial charge in [0.15, 0.2) is 5.65 Å². The molecule has 0 fully saturated rings. The second-order valence-electron chi connectivity index (χ2n) is 4.99. The van der Waals surface area contributed by atoms with Crippen LogP contribution in [0.4, 0.5) is 0 Å². The van der Waals surface area contributed by atoms with Crippen LogP contribution in [0.2, 0.25) is 0 Å². The number of hydrogen-bond donors (Lipinski definition) is 0. The molecule has 21 heavy (non-hydrogen) atoms. The van der Waals surface area contributed by atoms with E-state index in [9.17, 15) is 0 Å². The van der Waals surface area contributed by atoms with E-state index in [-0.39, 0.29) is 5.38 Å². The van der Waals surface area contributed by atoms with E-state index in [1.165, 1.54) is 4.88 Å². The van der Waals surface area contributed by atoms with E-state index in [2.05, 4.69) is 42.6 Å². The van der Waals surface area contributed by atoms with Crippen LogP contribution in [0.3, 0.4) is 0 Å². The number of rotatable bonds is 4. The van der Waals surface area contributed by atoms with Crippen molar-refractivity contribution in [3.05, 3.63) is 44.4 Å². The van der Waals surface area contributed by atoms with E-state index in [0.717, 1.165) is 39.4 Å². The maximum atomic E-state index is 6.29. The molecule has 110 valence electrons.